The van der Waals surface area contributed by atoms with Gasteiger partial charge >= 0.3 is 0 Å². The molecule has 1 fully saturated rings. The molecule has 3 rings (SSSR count). The molecule has 2 aromatic heterocycles. The highest BCUT2D eigenvalue weighted by atomic mass is 19.1. The molecule has 21 heavy (non-hydrogen) atoms. The SMILES string of the molecule is Cc1ncnc2c1ncn2C1CC(CO)C(=C/F)/C1=C\F. The van der Waals surface area contributed by atoms with Crippen molar-refractivity contribution in [1.29, 1.82) is 0 Å². The first kappa shape index (κ1) is 13.8. The Morgan fingerprint density at radius 3 is 2.71 bits per heavy atom. The molecule has 0 bridgehead atoms. The van der Waals surface area contributed by atoms with Crippen molar-refractivity contribution in [3.05, 3.63) is 42.2 Å². The largest absolute Gasteiger partial charge is 0.396 e. The lowest BCUT2D eigenvalue weighted by molar-refractivity contribution is 0.242. The summed E-state index contributed by atoms with van der Waals surface area (Å²) < 4.78 is 28.0. The van der Waals surface area contributed by atoms with Gasteiger partial charge in [0.1, 0.15) is 11.8 Å². The van der Waals surface area contributed by atoms with Crippen molar-refractivity contribution in [1.82, 2.24) is 19.5 Å². The predicted molar refractivity (Wildman–Crippen MR) is 72.7 cm³/mol. The Bertz CT molecular complexity index is 738. The molecule has 0 amide bonds. The molecule has 0 aromatic carbocycles. The van der Waals surface area contributed by atoms with Crippen LogP contribution >= 0.6 is 0 Å². The van der Waals surface area contributed by atoms with Crippen molar-refractivity contribution < 1.29 is 13.9 Å². The maximum Gasteiger partial charge on any atom is 0.164 e. The van der Waals surface area contributed by atoms with Gasteiger partial charge in [0.2, 0.25) is 0 Å². The van der Waals surface area contributed by atoms with Gasteiger partial charge in [-0.05, 0) is 18.9 Å². The quantitative estimate of drug-likeness (QED) is 0.923. The van der Waals surface area contributed by atoms with Crippen LogP contribution < -0.4 is 0 Å². The molecule has 1 aliphatic carbocycles. The van der Waals surface area contributed by atoms with Crippen LogP contribution in [0.3, 0.4) is 0 Å². The number of rotatable bonds is 2. The Balaban J connectivity index is 2.13. The highest BCUT2D eigenvalue weighted by Crippen LogP contribution is 2.44. The van der Waals surface area contributed by atoms with Gasteiger partial charge in [0, 0.05) is 11.5 Å². The number of aryl methyl sites for hydroxylation is 1. The van der Waals surface area contributed by atoms with Gasteiger partial charge in [0.15, 0.2) is 5.65 Å². The zero-order valence-corrected chi connectivity index (χ0v) is 11.4. The van der Waals surface area contributed by atoms with E-state index in [0.29, 0.717) is 30.2 Å². The molecular weight excluding hydrogens is 278 g/mol. The van der Waals surface area contributed by atoms with E-state index in [0.717, 1.165) is 5.69 Å². The predicted octanol–water partition coefficient (Wildman–Crippen LogP) is 2.39. The highest BCUT2D eigenvalue weighted by Gasteiger charge is 2.36. The van der Waals surface area contributed by atoms with Crippen LogP contribution in [0, 0.1) is 12.8 Å². The van der Waals surface area contributed by atoms with Crippen molar-refractivity contribution in [2.24, 2.45) is 5.92 Å². The summed E-state index contributed by atoms with van der Waals surface area (Å²) in [5.41, 5.74) is 2.34. The number of aromatic nitrogens is 4. The van der Waals surface area contributed by atoms with Crippen LogP contribution in [0.4, 0.5) is 8.78 Å². The minimum absolute atomic E-state index is 0.192. The topological polar surface area (TPSA) is 63.8 Å². The molecule has 7 heteroatoms. The number of allylic oxidation sites excluding steroid dienone is 1. The fraction of sp³-hybridized carbons (Fsp3) is 0.357. The number of aliphatic hydroxyl groups is 1. The standard InChI is InChI=1S/C14H14F2N4O/c1-8-13-14(18-6-17-8)20(7-19-13)12-2-9(5-21)10(3-15)11(12)4-16/h3-4,6-7,9,12,21H,2,5H2,1H3/b10-3-,11-4+. The third-order valence-corrected chi connectivity index (χ3v) is 3.97. The monoisotopic (exact) mass is 292 g/mol. The molecule has 0 aliphatic heterocycles. The first-order valence-electron chi connectivity index (χ1n) is 6.57. The number of imidazole rings is 1. The van der Waals surface area contributed by atoms with Gasteiger partial charge in [0.05, 0.1) is 37.3 Å². The second-order valence-corrected chi connectivity index (χ2v) is 5.04. The highest BCUT2D eigenvalue weighted by molar-refractivity contribution is 5.73. The lowest BCUT2D eigenvalue weighted by atomic mass is 10.0. The fourth-order valence-electron chi connectivity index (χ4n) is 2.87. The Labute approximate surface area is 119 Å². The molecule has 2 unspecified atom stereocenters. The van der Waals surface area contributed by atoms with Crippen molar-refractivity contribution >= 4 is 11.2 Å². The van der Waals surface area contributed by atoms with Crippen LogP contribution in [0.2, 0.25) is 0 Å². The van der Waals surface area contributed by atoms with Crippen LogP contribution in [-0.2, 0) is 0 Å². The molecular formula is C14H14F2N4O. The summed E-state index contributed by atoms with van der Waals surface area (Å²) in [4.78, 5) is 12.5. The van der Waals surface area contributed by atoms with Gasteiger partial charge < -0.3 is 9.67 Å². The van der Waals surface area contributed by atoms with Crippen LogP contribution in [0.15, 0.2) is 36.5 Å². The van der Waals surface area contributed by atoms with E-state index >= 15 is 0 Å². The van der Waals surface area contributed by atoms with Gasteiger partial charge in [-0.3, -0.25) is 0 Å². The van der Waals surface area contributed by atoms with Crippen LogP contribution in [0.5, 0.6) is 0 Å². The van der Waals surface area contributed by atoms with Crippen molar-refractivity contribution in [2.75, 3.05) is 6.61 Å². The number of hydrogen-bond acceptors (Lipinski definition) is 4. The van der Waals surface area contributed by atoms with Crippen LogP contribution in [0.25, 0.3) is 11.2 Å². The van der Waals surface area contributed by atoms with Crippen LogP contribution in [0.1, 0.15) is 18.2 Å². The molecule has 0 radical (unpaired) electrons. The molecule has 1 N–H and O–H groups in total. The molecule has 2 aromatic rings. The van der Waals surface area contributed by atoms with Crippen LogP contribution in [-0.4, -0.2) is 31.2 Å². The van der Waals surface area contributed by atoms with Gasteiger partial charge in [-0.15, -0.1) is 0 Å². The Kier molecular flexibility index (Phi) is 3.50. The van der Waals surface area contributed by atoms with E-state index in [2.05, 4.69) is 15.0 Å². The summed E-state index contributed by atoms with van der Waals surface area (Å²) >= 11 is 0. The average molecular weight is 292 g/mol. The zero-order chi connectivity index (χ0) is 15.0. The van der Waals surface area contributed by atoms with Crippen molar-refractivity contribution in [2.45, 2.75) is 19.4 Å². The summed E-state index contributed by atoms with van der Waals surface area (Å²) in [6, 6.07) is -0.437. The third-order valence-electron chi connectivity index (χ3n) is 3.97. The minimum atomic E-state index is -0.437. The van der Waals surface area contributed by atoms with E-state index in [4.69, 9.17) is 0 Å². The molecule has 110 valence electrons. The third kappa shape index (κ3) is 2.04. The van der Waals surface area contributed by atoms with E-state index in [9.17, 15) is 13.9 Å². The number of aliphatic hydroxyl groups excluding tert-OH is 1. The molecule has 2 atom stereocenters. The van der Waals surface area contributed by atoms with E-state index in [1.807, 2.05) is 6.92 Å². The molecule has 2 heterocycles. The lowest BCUT2D eigenvalue weighted by Crippen LogP contribution is -2.08. The van der Waals surface area contributed by atoms with E-state index < -0.39 is 12.0 Å². The fourth-order valence-corrected chi connectivity index (χ4v) is 2.87. The van der Waals surface area contributed by atoms with E-state index in [-0.39, 0.29) is 17.8 Å². The average Bonchev–Trinajstić information content (AvgIpc) is 3.07. The Morgan fingerprint density at radius 2 is 2.05 bits per heavy atom. The first-order valence-corrected chi connectivity index (χ1v) is 6.57. The number of hydrogen-bond donors (Lipinski definition) is 1. The normalized spacial score (nSPS) is 26.3. The summed E-state index contributed by atoms with van der Waals surface area (Å²) in [7, 11) is 0. The molecule has 1 saturated carbocycles. The summed E-state index contributed by atoms with van der Waals surface area (Å²) in [5, 5.41) is 9.35. The van der Waals surface area contributed by atoms with Gasteiger partial charge in [0.25, 0.3) is 0 Å². The van der Waals surface area contributed by atoms with Gasteiger partial charge in [-0.25, -0.2) is 23.7 Å². The maximum absolute atomic E-state index is 13.2. The lowest BCUT2D eigenvalue weighted by Gasteiger charge is -2.13. The Morgan fingerprint density at radius 1 is 1.29 bits per heavy atom. The maximum atomic E-state index is 13.2. The number of nitrogens with zero attached hydrogens (tertiary/aromatic N) is 4. The summed E-state index contributed by atoms with van der Waals surface area (Å²) in [5.74, 6) is -0.428. The van der Waals surface area contributed by atoms with Gasteiger partial charge in [-0.2, -0.15) is 0 Å². The second kappa shape index (κ2) is 5.33. The Hall–Kier alpha value is -2.15. The molecule has 0 saturated heterocycles. The smallest absolute Gasteiger partial charge is 0.164 e. The molecule has 5 nitrogen and oxygen atoms in total. The van der Waals surface area contributed by atoms with E-state index in [1.54, 1.807) is 10.9 Å². The van der Waals surface area contributed by atoms with Crippen molar-refractivity contribution in [3.63, 3.8) is 0 Å². The second-order valence-electron chi connectivity index (χ2n) is 5.04. The first-order chi connectivity index (χ1) is 10.2. The van der Waals surface area contributed by atoms with Crippen molar-refractivity contribution in [3.8, 4) is 0 Å². The minimum Gasteiger partial charge on any atom is -0.396 e. The number of fused-ring (bicyclic) bond motifs is 1. The summed E-state index contributed by atoms with van der Waals surface area (Å²) in [6.07, 6.45) is 4.13. The molecule has 1 aliphatic rings. The summed E-state index contributed by atoms with van der Waals surface area (Å²) in [6.45, 7) is 1.58. The van der Waals surface area contributed by atoms with E-state index in [1.165, 1.54) is 6.33 Å². The molecule has 0 spiro atoms. The zero-order valence-electron chi connectivity index (χ0n) is 11.4. The number of halogens is 2. The van der Waals surface area contributed by atoms with Gasteiger partial charge in [-0.1, -0.05) is 0 Å².